The maximum absolute atomic E-state index is 14.7. The lowest BCUT2D eigenvalue weighted by Gasteiger charge is -2.33. The number of benzene rings is 1. The lowest BCUT2D eigenvalue weighted by atomic mass is 9.88. The second-order valence-corrected chi connectivity index (χ2v) is 18.4. The predicted molar refractivity (Wildman–Crippen MR) is 205 cm³/mol. The summed E-state index contributed by atoms with van der Waals surface area (Å²) in [7, 11) is -2.50. The van der Waals surface area contributed by atoms with Crippen molar-refractivity contribution < 1.29 is 55.0 Å². The zero-order chi connectivity index (χ0) is 42.2. The van der Waals surface area contributed by atoms with E-state index in [9.17, 15) is 40.8 Å². The van der Waals surface area contributed by atoms with Gasteiger partial charge in [-0.15, -0.1) is 0 Å². The molecule has 15 nitrogen and oxygen atoms in total. The lowest BCUT2D eigenvalue weighted by molar-refractivity contribution is -0.244. The van der Waals surface area contributed by atoms with Gasteiger partial charge in [-0.25, -0.2) is 23.6 Å². The van der Waals surface area contributed by atoms with E-state index in [4.69, 9.17) is 9.47 Å². The van der Waals surface area contributed by atoms with Gasteiger partial charge in [0.05, 0.1) is 25.1 Å². The fourth-order valence-electron chi connectivity index (χ4n) is 7.81. The van der Waals surface area contributed by atoms with Crippen molar-refractivity contribution >= 4 is 44.6 Å². The van der Waals surface area contributed by atoms with Crippen LogP contribution in [-0.2, 0) is 29.1 Å². The number of allylic oxidation sites excluding steroid dienone is 1. The zero-order valence-electron chi connectivity index (χ0n) is 33.1. The molecular formula is C39H51F3N6O9S. The molecule has 3 fully saturated rings. The molecule has 2 saturated carbocycles. The van der Waals surface area contributed by atoms with Gasteiger partial charge in [0.25, 0.3) is 5.91 Å². The third-order valence-corrected chi connectivity index (χ3v) is 13.5. The monoisotopic (exact) mass is 836 g/mol. The van der Waals surface area contributed by atoms with E-state index in [1.807, 2.05) is 25.1 Å². The van der Waals surface area contributed by atoms with Crippen LogP contribution in [0.5, 0.6) is 11.6 Å². The number of methoxy groups -OCH3 is 1. The highest BCUT2D eigenvalue weighted by molar-refractivity contribution is 7.90. The molecule has 1 aromatic heterocycles. The SMILES string of the molecule is COc1cnc(O[C@@H]2C[C@H]3C(=O)N[C@]4(C(=O)NS(=O)(=O)C5CCC5)C[C@H]4/C=C\CC[C@@H](C)C[C@@H](C)[C@H](NNC(=O)OC(C)(C)C(F)(F)F)C(=O)N3C2)c2ccccc12. The van der Waals surface area contributed by atoms with Crippen LogP contribution in [0, 0.1) is 17.8 Å². The van der Waals surface area contributed by atoms with E-state index in [1.165, 1.54) is 18.2 Å². The first kappa shape index (κ1) is 42.9. The number of nitrogens with one attached hydrogen (secondary N) is 4. The summed E-state index contributed by atoms with van der Waals surface area (Å²) in [4.78, 5) is 61.5. The summed E-state index contributed by atoms with van der Waals surface area (Å²) in [6.45, 7) is 4.93. The molecule has 0 bridgehead atoms. The van der Waals surface area contributed by atoms with Gasteiger partial charge in [-0.3, -0.25) is 24.5 Å². The Hall–Kier alpha value is -4.65. The summed E-state index contributed by atoms with van der Waals surface area (Å²) in [5, 5.41) is 3.41. The maximum atomic E-state index is 14.7. The van der Waals surface area contributed by atoms with Gasteiger partial charge < -0.3 is 24.4 Å². The fraction of sp³-hybridized carbons (Fsp3) is 0.615. The number of carbonyl (C=O) groups excluding carboxylic acids is 4. The number of hydrogen-bond donors (Lipinski definition) is 4. The predicted octanol–water partition coefficient (Wildman–Crippen LogP) is 4.42. The summed E-state index contributed by atoms with van der Waals surface area (Å²) in [5.74, 6) is -2.64. The molecule has 2 aliphatic heterocycles. The smallest absolute Gasteiger partial charge is 0.427 e. The van der Waals surface area contributed by atoms with Crippen LogP contribution in [0.1, 0.15) is 79.1 Å². The number of sulfonamides is 1. The molecule has 7 atom stereocenters. The molecule has 4 N–H and O–H groups in total. The van der Waals surface area contributed by atoms with Gasteiger partial charge in [0.1, 0.15) is 29.5 Å². The van der Waals surface area contributed by atoms with Crippen molar-refractivity contribution in [3.05, 3.63) is 42.6 Å². The van der Waals surface area contributed by atoms with Gasteiger partial charge in [0, 0.05) is 23.1 Å². The Morgan fingerprint density at radius 1 is 1.05 bits per heavy atom. The van der Waals surface area contributed by atoms with Crippen molar-refractivity contribution in [2.24, 2.45) is 17.8 Å². The van der Waals surface area contributed by atoms with Crippen LogP contribution in [0.2, 0.25) is 0 Å². The van der Waals surface area contributed by atoms with E-state index in [0.29, 0.717) is 62.5 Å². The molecule has 1 saturated heterocycles. The molecule has 3 heterocycles. The van der Waals surface area contributed by atoms with E-state index in [0.717, 1.165) is 6.42 Å². The van der Waals surface area contributed by atoms with E-state index in [-0.39, 0.29) is 31.2 Å². The number of carbonyl (C=O) groups is 4. The first-order valence-corrected chi connectivity index (χ1v) is 21.1. The van der Waals surface area contributed by atoms with Gasteiger partial charge in [0.2, 0.25) is 33.3 Å². The minimum atomic E-state index is -4.88. The average Bonchev–Trinajstić information content (AvgIpc) is 3.64. The van der Waals surface area contributed by atoms with Crippen LogP contribution in [0.4, 0.5) is 18.0 Å². The molecule has 19 heteroatoms. The van der Waals surface area contributed by atoms with Crippen molar-refractivity contribution in [1.29, 1.82) is 0 Å². The highest BCUT2D eigenvalue weighted by atomic mass is 32.2. The van der Waals surface area contributed by atoms with Crippen molar-refractivity contribution in [3.63, 3.8) is 0 Å². The van der Waals surface area contributed by atoms with E-state index in [1.54, 1.807) is 25.1 Å². The normalized spacial score (nSPS) is 29.1. The molecule has 0 radical (unpaired) electrons. The number of halogens is 3. The van der Waals surface area contributed by atoms with Crippen molar-refractivity contribution in [2.45, 2.75) is 120 Å². The molecule has 2 aromatic rings. The highest BCUT2D eigenvalue weighted by Gasteiger charge is 2.62. The highest BCUT2D eigenvalue weighted by Crippen LogP contribution is 2.46. The minimum Gasteiger partial charge on any atom is -0.494 e. The third kappa shape index (κ3) is 8.99. The number of fused-ring (bicyclic) bond motifs is 3. The second kappa shape index (κ2) is 16.5. The number of alkyl halides is 3. The standard InChI is InChI=1S/C39H51F3N6O9S/c1-22-11-6-7-12-24-19-38(24,35(51)47-58(53,54)26-13-10-14-26)44-32(49)29-18-25(56-33-28-16-9-8-15-27(28)30(55-5)20-43-33)21-48(29)34(50)31(23(2)17-22)45-46-36(52)57-37(3,4)39(40,41)42/h7-9,12,15-16,20,22-26,29,31,45H,6,10-11,13-14,17-19,21H2,1-5H3,(H,44,49)(H,46,52)(H,47,51)/b12-7-/t22-,23-,24-,25-,29+,31+,38-/m1/s1. The Balaban J connectivity index is 1.33. The Morgan fingerprint density at radius 3 is 2.41 bits per heavy atom. The molecule has 0 unspecified atom stereocenters. The fourth-order valence-corrected chi connectivity index (χ4v) is 9.37. The number of hydrogen-bond acceptors (Lipinski definition) is 11. The van der Waals surface area contributed by atoms with Gasteiger partial charge in [-0.2, -0.15) is 13.2 Å². The number of ether oxygens (including phenoxy) is 3. The number of pyridine rings is 1. The molecule has 58 heavy (non-hydrogen) atoms. The van der Waals surface area contributed by atoms with E-state index >= 15 is 0 Å². The van der Waals surface area contributed by atoms with Gasteiger partial charge >= 0.3 is 12.3 Å². The number of aromatic nitrogens is 1. The molecule has 318 valence electrons. The van der Waals surface area contributed by atoms with E-state index < -0.39 is 86.4 Å². The topological polar surface area (TPSA) is 194 Å². The molecule has 4 amide bonds. The van der Waals surface area contributed by atoms with E-state index in [2.05, 4.69) is 30.6 Å². The number of rotatable bonds is 9. The Kier molecular flexibility index (Phi) is 12.2. The summed E-state index contributed by atoms with van der Waals surface area (Å²) in [6, 6.07) is 4.67. The number of hydrazine groups is 1. The quantitative estimate of drug-likeness (QED) is 0.207. The Labute approximate surface area is 335 Å². The van der Waals surface area contributed by atoms with Gasteiger partial charge in [-0.05, 0) is 70.3 Å². The minimum absolute atomic E-state index is 0.0116. The molecule has 4 aliphatic rings. The lowest BCUT2D eigenvalue weighted by Crippen LogP contribution is -2.61. The van der Waals surface area contributed by atoms with Crippen LogP contribution in [0.15, 0.2) is 42.6 Å². The molecule has 6 rings (SSSR count). The van der Waals surface area contributed by atoms with Crippen LogP contribution >= 0.6 is 0 Å². The molecule has 0 spiro atoms. The largest absolute Gasteiger partial charge is 0.494 e. The summed E-state index contributed by atoms with van der Waals surface area (Å²) in [6.07, 6.45) is 1.24. The number of nitrogens with zero attached hydrogens (tertiary/aromatic N) is 2. The number of amides is 4. The van der Waals surface area contributed by atoms with Gasteiger partial charge in [-0.1, -0.05) is 50.6 Å². The second-order valence-electron chi connectivity index (χ2n) is 16.4. The van der Waals surface area contributed by atoms with Crippen LogP contribution in [-0.4, -0.2) is 96.5 Å². The first-order chi connectivity index (χ1) is 27.3. The average molecular weight is 837 g/mol. The first-order valence-electron chi connectivity index (χ1n) is 19.5. The molecule has 2 aliphatic carbocycles. The van der Waals surface area contributed by atoms with Crippen LogP contribution in [0.25, 0.3) is 10.8 Å². The summed E-state index contributed by atoms with van der Waals surface area (Å²) >= 11 is 0. The van der Waals surface area contributed by atoms with Crippen molar-refractivity contribution in [3.8, 4) is 11.6 Å². The van der Waals surface area contributed by atoms with Crippen LogP contribution in [0.3, 0.4) is 0 Å². The maximum Gasteiger partial charge on any atom is 0.427 e. The van der Waals surface area contributed by atoms with Crippen LogP contribution < -0.4 is 30.4 Å². The van der Waals surface area contributed by atoms with Crippen molar-refractivity contribution in [2.75, 3.05) is 13.7 Å². The van der Waals surface area contributed by atoms with Crippen molar-refractivity contribution in [1.82, 2.24) is 30.8 Å². The third-order valence-electron chi connectivity index (χ3n) is 11.7. The Bertz CT molecular complexity index is 2050. The Morgan fingerprint density at radius 2 is 1.76 bits per heavy atom. The van der Waals surface area contributed by atoms with Gasteiger partial charge in [0.15, 0.2) is 0 Å². The summed E-state index contributed by atoms with van der Waals surface area (Å²) in [5.41, 5.74) is 0.257. The molecule has 1 aromatic carbocycles. The summed E-state index contributed by atoms with van der Waals surface area (Å²) < 4.78 is 85.5. The molecular weight excluding hydrogens is 786 g/mol. The zero-order valence-corrected chi connectivity index (χ0v) is 33.9.